The number of carbonyl (C=O) groups excluding carboxylic acids is 6. The van der Waals surface area contributed by atoms with E-state index in [0.29, 0.717) is 32.2 Å². The predicted molar refractivity (Wildman–Crippen MR) is 310 cm³/mol. The lowest BCUT2D eigenvalue weighted by molar-refractivity contribution is -0.157. The maximum absolute atomic E-state index is 13.9. The van der Waals surface area contributed by atoms with Gasteiger partial charge >= 0.3 is 11.9 Å². The minimum Gasteiger partial charge on any atom is -0.462 e. The van der Waals surface area contributed by atoms with E-state index in [1.165, 1.54) is 196 Å². The lowest BCUT2D eigenvalue weighted by Crippen LogP contribution is -2.57. The van der Waals surface area contributed by atoms with Crippen molar-refractivity contribution >= 4 is 47.7 Å². The SMILES string of the molecule is CCCCCCCCCCCCCCCC(=O)N[C@@H](CSCC(COC(=O)CCCCCCCCCCCCCCC)OC(=O)CCCCCCCCCCCCCCC)C(=O)N[C@@H](CO)C(=O)N1CCC[C@H]1[C]=O. The molecule has 0 spiro atoms. The zero-order valence-electron chi connectivity index (χ0n) is 48.5. The summed E-state index contributed by atoms with van der Waals surface area (Å²) in [6.45, 7) is 6.28. The van der Waals surface area contributed by atoms with Gasteiger partial charge in [-0.25, -0.2) is 0 Å². The zero-order valence-corrected chi connectivity index (χ0v) is 49.3. The quantitative estimate of drug-likeness (QED) is 0.0394. The molecule has 1 heterocycles. The number of amides is 3. The Bertz CT molecular complexity index is 1400. The molecule has 437 valence electrons. The molecular weight excluding hydrogens is 963 g/mol. The smallest absolute Gasteiger partial charge is 0.306 e. The summed E-state index contributed by atoms with van der Waals surface area (Å²) < 4.78 is 11.6. The first-order valence-corrected chi connectivity index (χ1v) is 32.7. The molecule has 1 saturated heterocycles. The van der Waals surface area contributed by atoms with Crippen LogP contribution in [0, 0.1) is 0 Å². The van der Waals surface area contributed by atoms with Crippen molar-refractivity contribution in [2.75, 3.05) is 31.3 Å². The van der Waals surface area contributed by atoms with Gasteiger partial charge in [-0.3, -0.25) is 28.8 Å². The molecule has 12 nitrogen and oxygen atoms in total. The molecule has 3 amide bonds. The lowest BCUT2D eigenvalue weighted by Gasteiger charge is -2.27. The third kappa shape index (κ3) is 41.1. The first kappa shape index (κ1) is 70.3. The standard InChI is InChI=1S/C62H114N3O9S/c1-4-7-10-13-16-19-22-25-28-31-34-37-40-45-58(68)63-57(61(71)64-56(50-67)62(72)65-48-43-44-54(65)49-66)53-75-52-55(74-60(70)47-42-39-36-33-30-27-24-21-18-15-12-9-6-3)51-73-59(69)46-41-38-35-32-29-26-23-20-17-14-11-8-5-2/h54-57,67H,4-48,50-53H2,1-3H3,(H,63,68)(H,64,71)/t54-,55?,56-,57-/m0/s1. The summed E-state index contributed by atoms with van der Waals surface area (Å²) in [4.78, 5) is 79.7. The molecule has 75 heavy (non-hydrogen) atoms. The molecule has 4 atom stereocenters. The van der Waals surface area contributed by atoms with Gasteiger partial charge in [-0.05, 0) is 32.1 Å². The van der Waals surface area contributed by atoms with E-state index in [1.54, 1.807) is 0 Å². The predicted octanol–water partition coefficient (Wildman–Crippen LogP) is 14.7. The fraction of sp³-hybridized carbons (Fsp3) is 0.903. The second kappa shape index (κ2) is 52.1. The monoisotopic (exact) mass is 1080 g/mol. The Hall–Kier alpha value is -2.67. The van der Waals surface area contributed by atoms with Crippen LogP contribution in [-0.4, -0.2) is 101 Å². The number of nitrogens with zero attached hydrogens (tertiary/aromatic N) is 1. The van der Waals surface area contributed by atoms with Crippen molar-refractivity contribution in [1.29, 1.82) is 0 Å². The molecule has 1 aliphatic heterocycles. The molecule has 3 N–H and O–H groups in total. The highest BCUT2D eigenvalue weighted by Gasteiger charge is 2.35. The number of aliphatic hydroxyl groups excluding tert-OH is 1. The van der Waals surface area contributed by atoms with Crippen LogP contribution < -0.4 is 10.6 Å². The van der Waals surface area contributed by atoms with E-state index in [9.17, 15) is 33.9 Å². The number of thioether (sulfide) groups is 1. The average Bonchev–Trinajstić information content (AvgIpc) is 3.90. The van der Waals surface area contributed by atoms with Crippen LogP contribution in [0.5, 0.6) is 0 Å². The van der Waals surface area contributed by atoms with Crippen molar-refractivity contribution in [3.05, 3.63) is 0 Å². The van der Waals surface area contributed by atoms with Crippen molar-refractivity contribution in [3.63, 3.8) is 0 Å². The lowest BCUT2D eigenvalue weighted by atomic mass is 10.0. The van der Waals surface area contributed by atoms with Crippen LogP contribution in [0.15, 0.2) is 0 Å². The number of rotatable bonds is 55. The fourth-order valence-electron chi connectivity index (χ4n) is 10.1. The first-order valence-electron chi connectivity index (χ1n) is 31.5. The van der Waals surface area contributed by atoms with Crippen LogP contribution in [-0.2, 0) is 38.2 Å². The van der Waals surface area contributed by atoms with Gasteiger partial charge < -0.3 is 30.1 Å². The number of carbonyl (C=O) groups is 5. The van der Waals surface area contributed by atoms with Crippen LogP contribution in [0.4, 0.5) is 0 Å². The number of likely N-dealkylation sites (tertiary alicyclic amines) is 1. The van der Waals surface area contributed by atoms with Crippen molar-refractivity contribution < 1.29 is 43.3 Å². The van der Waals surface area contributed by atoms with Gasteiger partial charge in [0, 0.05) is 37.3 Å². The topological polar surface area (TPSA) is 168 Å². The van der Waals surface area contributed by atoms with Gasteiger partial charge in [0.05, 0.1) is 12.6 Å². The number of ether oxygens (including phenoxy) is 2. The summed E-state index contributed by atoms with van der Waals surface area (Å²) in [5.74, 6) is -1.89. The maximum atomic E-state index is 13.9. The van der Waals surface area contributed by atoms with Crippen LogP contribution in [0.2, 0.25) is 0 Å². The van der Waals surface area contributed by atoms with Gasteiger partial charge in [0.15, 0.2) is 0 Å². The molecule has 0 saturated carbocycles. The summed E-state index contributed by atoms with van der Waals surface area (Å²) in [5, 5.41) is 15.7. The Morgan fingerprint density at radius 3 is 1.31 bits per heavy atom. The molecule has 1 aliphatic rings. The number of hydrogen-bond acceptors (Lipinski definition) is 10. The van der Waals surface area contributed by atoms with Crippen LogP contribution >= 0.6 is 11.8 Å². The number of hydrogen-bond donors (Lipinski definition) is 3. The van der Waals surface area contributed by atoms with E-state index in [1.807, 2.05) is 6.29 Å². The van der Waals surface area contributed by atoms with E-state index in [-0.39, 0.29) is 48.8 Å². The molecule has 0 aromatic rings. The Kier molecular flexibility index (Phi) is 48.8. The van der Waals surface area contributed by atoms with E-state index < -0.39 is 42.7 Å². The molecule has 1 radical (unpaired) electrons. The third-order valence-electron chi connectivity index (χ3n) is 14.9. The van der Waals surface area contributed by atoms with Gasteiger partial charge in [-0.2, -0.15) is 11.8 Å². The van der Waals surface area contributed by atoms with Gasteiger partial charge in [-0.15, -0.1) is 0 Å². The largest absolute Gasteiger partial charge is 0.462 e. The zero-order chi connectivity index (χ0) is 54.7. The minimum absolute atomic E-state index is 0.0801. The van der Waals surface area contributed by atoms with Crippen LogP contribution in [0.1, 0.15) is 303 Å². The summed E-state index contributed by atoms with van der Waals surface area (Å²) in [6.07, 6.45) is 49.8. The highest BCUT2D eigenvalue weighted by molar-refractivity contribution is 7.99. The Balaban J connectivity index is 2.82. The Morgan fingerprint density at radius 1 is 0.520 bits per heavy atom. The highest BCUT2D eigenvalue weighted by atomic mass is 32.2. The van der Waals surface area contributed by atoms with Gasteiger partial charge in [0.2, 0.25) is 24.0 Å². The molecular formula is C62H114N3O9S. The Labute approximate surface area is 463 Å². The van der Waals surface area contributed by atoms with Gasteiger partial charge in [0.1, 0.15) is 24.8 Å². The van der Waals surface area contributed by atoms with E-state index >= 15 is 0 Å². The van der Waals surface area contributed by atoms with Crippen LogP contribution in [0.25, 0.3) is 0 Å². The summed E-state index contributed by atoms with van der Waals surface area (Å²) in [6, 6.07) is -3.11. The van der Waals surface area contributed by atoms with E-state index in [0.717, 1.165) is 64.2 Å². The molecule has 0 bridgehead atoms. The fourth-order valence-corrected chi connectivity index (χ4v) is 11.1. The number of aliphatic hydroxyl groups is 1. The number of esters is 2. The molecule has 0 aromatic heterocycles. The molecule has 1 rings (SSSR count). The molecule has 0 aromatic carbocycles. The number of nitrogens with one attached hydrogen (secondary N) is 2. The van der Waals surface area contributed by atoms with Crippen molar-refractivity contribution in [1.82, 2.24) is 15.5 Å². The first-order chi connectivity index (χ1) is 36.7. The summed E-state index contributed by atoms with van der Waals surface area (Å²) in [5.41, 5.74) is 0. The summed E-state index contributed by atoms with van der Waals surface area (Å²) >= 11 is 1.29. The maximum Gasteiger partial charge on any atom is 0.306 e. The summed E-state index contributed by atoms with van der Waals surface area (Å²) in [7, 11) is 0. The molecule has 1 unspecified atom stereocenters. The molecule has 0 aliphatic carbocycles. The number of unbranched alkanes of at least 4 members (excludes halogenated alkanes) is 36. The van der Waals surface area contributed by atoms with Crippen molar-refractivity contribution in [2.45, 2.75) is 328 Å². The second-order valence-corrected chi connectivity index (χ2v) is 23.1. The molecule has 1 fully saturated rings. The van der Waals surface area contributed by atoms with Gasteiger partial charge in [-0.1, -0.05) is 252 Å². The van der Waals surface area contributed by atoms with Crippen molar-refractivity contribution in [2.24, 2.45) is 0 Å². The van der Waals surface area contributed by atoms with Crippen molar-refractivity contribution in [3.8, 4) is 0 Å². The van der Waals surface area contributed by atoms with Crippen LogP contribution in [0.3, 0.4) is 0 Å². The normalized spacial score (nSPS) is 14.6. The molecule has 13 heteroatoms. The highest BCUT2D eigenvalue weighted by Crippen LogP contribution is 2.20. The minimum atomic E-state index is -1.30. The third-order valence-corrected chi connectivity index (χ3v) is 16.1. The van der Waals surface area contributed by atoms with Gasteiger partial charge in [0.25, 0.3) is 0 Å². The van der Waals surface area contributed by atoms with E-state index in [4.69, 9.17) is 9.47 Å². The Morgan fingerprint density at radius 2 is 0.907 bits per heavy atom. The van der Waals surface area contributed by atoms with E-state index in [2.05, 4.69) is 31.4 Å². The second-order valence-electron chi connectivity index (χ2n) is 22.0. The average molecular weight is 1080 g/mol.